The van der Waals surface area contributed by atoms with Gasteiger partial charge in [0.2, 0.25) is 5.78 Å². The first-order valence-electron chi connectivity index (χ1n) is 5.99. The largest absolute Gasteiger partial charge is 0.288 e. The Morgan fingerprint density at radius 3 is 2.27 bits per heavy atom. The Labute approximate surface area is 135 Å². The van der Waals surface area contributed by atoms with E-state index in [1.807, 2.05) is 0 Å². The van der Waals surface area contributed by atoms with Gasteiger partial charge >= 0.3 is 0 Å². The maximum absolute atomic E-state index is 13.2. The highest BCUT2D eigenvalue weighted by Crippen LogP contribution is 2.27. The molecule has 0 unspecified atom stereocenters. The summed E-state index contributed by atoms with van der Waals surface area (Å²) < 4.78 is 26.1. The summed E-state index contributed by atoms with van der Waals surface area (Å²) in [6.07, 6.45) is 1.14. The van der Waals surface area contributed by atoms with Crippen molar-refractivity contribution >= 4 is 35.1 Å². The van der Waals surface area contributed by atoms with Gasteiger partial charge in [-0.3, -0.25) is 4.79 Å². The highest BCUT2D eigenvalue weighted by Gasteiger charge is 2.19. The fourth-order valence-electron chi connectivity index (χ4n) is 1.77. The third kappa shape index (κ3) is 3.33. The van der Waals surface area contributed by atoms with Crippen molar-refractivity contribution in [1.82, 2.24) is 0 Å². The summed E-state index contributed by atoms with van der Waals surface area (Å²) in [4.78, 5) is 12.3. The van der Waals surface area contributed by atoms with E-state index in [-0.39, 0.29) is 26.7 Å². The van der Waals surface area contributed by atoms with E-state index in [1.54, 1.807) is 12.1 Å². The maximum Gasteiger partial charge on any atom is 0.206 e. The van der Waals surface area contributed by atoms with Crippen LogP contribution in [0, 0.1) is 23.0 Å². The van der Waals surface area contributed by atoms with Gasteiger partial charge in [-0.25, -0.2) is 8.78 Å². The minimum absolute atomic E-state index is 0.0128. The van der Waals surface area contributed by atoms with Gasteiger partial charge < -0.3 is 0 Å². The fraction of sp³-hybridized carbons (Fsp3) is 0. The van der Waals surface area contributed by atoms with E-state index in [4.69, 9.17) is 28.5 Å². The van der Waals surface area contributed by atoms with E-state index in [0.717, 1.165) is 18.2 Å². The highest BCUT2D eigenvalue weighted by atomic mass is 35.5. The average Bonchev–Trinajstić information content (AvgIpc) is 2.48. The molecular formula is C16H7Cl2F2NO. The van der Waals surface area contributed by atoms with Crippen molar-refractivity contribution in [1.29, 1.82) is 5.26 Å². The number of nitrogens with zero attached hydrogens (tertiary/aromatic N) is 1. The van der Waals surface area contributed by atoms with Crippen molar-refractivity contribution < 1.29 is 13.6 Å². The van der Waals surface area contributed by atoms with Crippen LogP contribution >= 0.6 is 23.2 Å². The van der Waals surface area contributed by atoms with E-state index < -0.39 is 17.4 Å². The van der Waals surface area contributed by atoms with Crippen LogP contribution in [0.1, 0.15) is 15.9 Å². The Kier molecular flexibility index (Phi) is 4.92. The fourth-order valence-corrected chi connectivity index (χ4v) is 2.34. The number of benzene rings is 2. The Hall–Kier alpha value is -2.22. The molecule has 0 heterocycles. The van der Waals surface area contributed by atoms with Gasteiger partial charge in [0.25, 0.3) is 0 Å². The van der Waals surface area contributed by atoms with Gasteiger partial charge in [0.15, 0.2) is 11.6 Å². The number of ketones is 1. The lowest BCUT2D eigenvalue weighted by atomic mass is 10.0. The molecule has 6 heteroatoms. The van der Waals surface area contributed by atoms with Crippen LogP contribution in [-0.2, 0) is 0 Å². The van der Waals surface area contributed by atoms with Crippen molar-refractivity contribution in [2.45, 2.75) is 0 Å². The number of Topliss-reactive ketones (excluding diaryl/α,β-unsaturated/α-hetero) is 1. The van der Waals surface area contributed by atoms with Crippen LogP contribution in [0.5, 0.6) is 0 Å². The molecule has 2 aromatic rings. The van der Waals surface area contributed by atoms with Gasteiger partial charge in [0, 0.05) is 0 Å². The van der Waals surface area contributed by atoms with Crippen molar-refractivity contribution in [2.24, 2.45) is 0 Å². The van der Waals surface area contributed by atoms with Crippen molar-refractivity contribution in [2.75, 3.05) is 0 Å². The molecule has 0 radical (unpaired) electrons. The third-order valence-corrected chi connectivity index (χ3v) is 3.44. The second-order valence-corrected chi connectivity index (χ2v) is 5.08. The van der Waals surface area contributed by atoms with Crippen molar-refractivity contribution in [3.8, 4) is 6.07 Å². The minimum Gasteiger partial charge on any atom is -0.288 e. The van der Waals surface area contributed by atoms with Crippen molar-refractivity contribution in [3.05, 3.63) is 74.8 Å². The van der Waals surface area contributed by atoms with Gasteiger partial charge in [0.05, 0.1) is 15.6 Å². The monoisotopic (exact) mass is 337 g/mol. The molecule has 0 fully saturated rings. The number of rotatable bonds is 3. The SMILES string of the molecule is N#C/C(=C/c1ccc(F)c(F)c1)C(=O)c1c(Cl)cccc1Cl. The molecule has 2 nitrogen and oxygen atoms in total. The summed E-state index contributed by atoms with van der Waals surface area (Å²) in [5.41, 5.74) is -0.130. The Morgan fingerprint density at radius 1 is 1.09 bits per heavy atom. The zero-order chi connectivity index (χ0) is 16.3. The number of carbonyl (C=O) groups excluding carboxylic acids is 1. The summed E-state index contributed by atoms with van der Waals surface area (Å²) in [5.74, 6) is -2.78. The summed E-state index contributed by atoms with van der Waals surface area (Å²) >= 11 is 11.8. The molecule has 0 aliphatic carbocycles. The Balaban J connectivity index is 2.48. The molecule has 0 bridgehead atoms. The van der Waals surface area contributed by atoms with E-state index >= 15 is 0 Å². The van der Waals surface area contributed by atoms with E-state index in [0.29, 0.717) is 0 Å². The Bertz CT molecular complexity index is 805. The average molecular weight is 338 g/mol. The molecule has 2 aromatic carbocycles. The van der Waals surface area contributed by atoms with Crippen molar-refractivity contribution in [3.63, 3.8) is 0 Å². The molecule has 0 aliphatic rings. The second-order valence-electron chi connectivity index (χ2n) is 4.27. The quantitative estimate of drug-likeness (QED) is 0.446. The lowest BCUT2D eigenvalue weighted by Crippen LogP contribution is -2.04. The number of halogens is 4. The van der Waals surface area contributed by atoms with Gasteiger partial charge in [0.1, 0.15) is 11.6 Å². The molecule has 0 N–H and O–H groups in total. The van der Waals surface area contributed by atoms with Crippen LogP contribution in [-0.4, -0.2) is 5.78 Å². The van der Waals surface area contributed by atoms with Gasteiger partial charge in [-0.2, -0.15) is 5.26 Å². The van der Waals surface area contributed by atoms with E-state index in [2.05, 4.69) is 0 Å². The van der Waals surface area contributed by atoms with Crippen LogP contribution in [0.25, 0.3) is 6.08 Å². The van der Waals surface area contributed by atoms with E-state index in [1.165, 1.54) is 18.2 Å². The van der Waals surface area contributed by atoms with E-state index in [9.17, 15) is 13.6 Å². The number of hydrogen-bond donors (Lipinski definition) is 0. The molecule has 0 amide bonds. The Morgan fingerprint density at radius 2 is 1.73 bits per heavy atom. The predicted octanol–water partition coefficient (Wildman–Crippen LogP) is 5.06. The second kappa shape index (κ2) is 6.69. The zero-order valence-corrected chi connectivity index (χ0v) is 12.4. The first kappa shape index (κ1) is 16.2. The van der Waals surface area contributed by atoms with Gasteiger partial charge in [-0.05, 0) is 35.9 Å². The predicted molar refractivity (Wildman–Crippen MR) is 80.7 cm³/mol. The molecule has 2 rings (SSSR count). The van der Waals surface area contributed by atoms with Crippen LogP contribution in [0.3, 0.4) is 0 Å². The molecule has 0 aromatic heterocycles. The molecule has 0 atom stereocenters. The molecule has 0 spiro atoms. The third-order valence-electron chi connectivity index (χ3n) is 2.81. The standard InChI is InChI=1S/C16H7Cl2F2NO/c17-11-2-1-3-12(18)15(11)16(22)10(8-21)6-9-4-5-13(19)14(20)7-9/h1-7H/b10-6-. The zero-order valence-electron chi connectivity index (χ0n) is 10.9. The van der Waals surface area contributed by atoms with Gasteiger partial charge in [-0.1, -0.05) is 35.3 Å². The smallest absolute Gasteiger partial charge is 0.206 e. The van der Waals surface area contributed by atoms with Crippen LogP contribution in [0.4, 0.5) is 8.78 Å². The summed E-state index contributed by atoms with van der Waals surface area (Å²) in [6, 6.07) is 9.24. The molecule has 0 saturated carbocycles. The van der Waals surface area contributed by atoms with Gasteiger partial charge in [-0.15, -0.1) is 0 Å². The normalized spacial score (nSPS) is 11.1. The number of nitriles is 1. The van der Waals surface area contributed by atoms with Crippen LogP contribution < -0.4 is 0 Å². The minimum atomic E-state index is -1.07. The number of carbonyl (C=O) groups is 1. The molecule has 22 heavy (non-hydrogen) atoms. The summed E-state index contributed by atoms with van der Waals surface area (Å²) in [7, 11) is 0. The molecule has 110 valence electrons. The summed E-state index contributed by atoms with van der Waals surface area (Å²) in [5, 5.41) is 9.33. The topological polar surface area (TPSA) is 40.9 Å². The van der Waals surface area contributed by atoms with Crippen LogP contribution in [0.2, 0.25) is 10.0 Å². The molecule has 0 saturated heterocycles. The molecule has 0 aliphatic heterocycles. The lowest BCUT2D eigenvalue weighted by Gasteiger charge is -2.05. The molecular weight excluding hydrogens is 331 g/mol. The lowest BCUT2D eigenvalue weighted by molar-refractivity contribution is 0.104. The number of hydrogen-bond acceptors (Lipinski definition) is 2. The number of allylic oxidation sites excluding steroid dienone is 1. The maximum atomic E-state index is 13.2. The summed E-state index contributed by atoms with van der Waals surface area (Å²) in [6.45, 7) is 0. The first-order chi connectivity index (χ1) is 10.4. The highest BCUT2D eigenvalue weighted by molar-refractivity contribution is 6.41. The van der Waals surface area contributed by atoms with Crippen LogP contribution in [0.15, 0.2) is 42.0 Å². The first-order valence-corrected chi connectivity index (χ1v) is 6.75.